The van der Waals surface area contributed by atoms with Crippen molar-refractivity contribution in [3.05, 3.63) is 0 Å². The number of hydrogen-bond acceptors (Lipinski definition) is 4. The zero-order valence-corrected chi connectivity index (χ0v) is 13.0. The minimum atomic E-state index is -0.610. The molecular formula is C15H26N2O4. The Morgan fingerprint density at radius 1 is 1.33 bits per heavy atom. The quantitative estimate of drug-likeness (QED) is 0.572. The first-order chi connectivity index (χ1) is 10.1. The fourth-order valence-electron chi connectivity index (χ4n) is 3.46. The normalized spacial score (nSPS) is 29.2. The number of ether oxygens (including phenoxy) is 2. The summed E-state index contributed by atoms with van der Waals surface area (Å²) in [6.07, 6.45) is 4.43. The van der Waals surface area contributed by atoms with Gasteiger partial charge in [0.25, 0.3) is 5.91 Å². The lowest BCUT2D eigenvalue weighted by Gasteiger charge is -2.40. The number of rotatable bonds is 7. The van der Waals surface area contributed by atoms with Gasteiger partial charge in [0.15, 0.2) is 0 Å². The van der Waals surface area contributed by atoms with E-state index in [0.29, 0.717) is 32.3 Å². The molecular weight excluding hydrogens is 272 g/mol. The molecule has 1 spiro atoms. The Balaban J connectivity index is 1.89. The predicted molar refractivity (Wildman–Crippen MR) is 77.9 cm³/mol. The number of nitrogens with zero attached hydrogens (tertiary/aromatic N) is 1. The molecule has 6 nitrogen and oxygen atoms in total. The first-order valence-corrected chi connectivity index (χ1v) is 7.80. The van der Waals surface area contributed by atoms with Crippen molar-refractivity contribution in [2.75, 3.05) is 33.5 Å². The fraction of sp³-hybridized carbons (Fsp3) is 0.867. The van der Waals surface area contributed by atoms with Crippen molar-refractivity contribution in [1.29, 1.82) is 0 Å². The van der Waals surface area contributed by atoms with Gasteiger partial charge in [-0.2, -0.15) is 0 Å². The molecule has 1 aliphatic carbocycles. The number of carbonyl (C=O) groups is 2. The second-order valence-electron chi connectivity index (χ2n) is 6.10. The number of hydrogen-bond donors (Lipinski definition) is 1. The monoisotopic (exact) mass is 298 g/mol. The van der Waals surface area contributed by atoms with Crippen LogP contribution in [0.3, 0.4) is 0 Å². The SMILES string of the molecule is COCCOCCCN1C(=O)NC(=O)C12CCCC(C)C2. The van der Waals surface area contributed by atoms with Crippen LogP contribution in [-0.4, -0.2) is 55.9 Å². The van der Waals surface area contributed by atoms with Crippen LogP contribution in [0.15, 0.2) is 0 Å². The zero-order chi connectivity index (χ0) is 15.3. The first kappa shape index (κ1) is 16.2. The van der Waals surface area contributed by atoms with Crippen molar-refractivity contribution in [3.63, 3.8) is 0 Å². The fourth-order valence-corrected chi connectivity index (χ4v) is 3.46. The third-order valence-electron chi connectivity index (χ3n) is 4.48. The number of nitrogens with one attached hydrogen (secondary N) is 1. The van der Waals surface area contributed by atoms with Gasteiger partial charge < -0.3 is 14.4 Å². The maximum absolute atomic E-state index is 12.3. The van der Waals surface area contributed by atoms with Gasteiger partial charge in [0.1, 0.15) is 5.54 Å². The highest BCUT2D eigenvalue weighted by Crippen LogP contribution is 2.39. The number of amides is 3. The molecule has 1 saturated carbocycles. The van der Waals surface area contributed by atoms with Gasteiger partial charge in [-0.3, -0.25) is 10.1 Å². The van der Waals surface area contributed by atoms with Crippen LogP contribution in [0.25, 0.3) is 0 Å². The average molecular weight is 298 g/mol. The van der Waals surface area contributed by atoms with E-state index in [-0.39, 0.29) is 11.9 Å². The maximum atomic E-state index is 12.3. The summed E-state index contributed by atoms with van der Waals surface area (Å²) in [4.78, 5) is 26.1. The third-order valence-corrected chi connectivity index (χ3v) is 4.48. The summed E-state index contributed by atoms with van der Waals surface area (Å²) in [5.41, 5.74) is -0.610. The third kappa shape index (κ3) is 3.55. The van der Waals surface area contributed by atoms with Crippen LogP contribution in [0.5, 0.6) is 0 Å². The van der Waals surface area contributed by atoms with Crippen molar-refractivity contribution in [2.45, 2.75) is 44.6 Å². The highest BCUT2D eigenvalue weighted by atomic mass is 16.5. The van der Waals surface area contributed by atoms with Crippen LogP contribution in [-0.2, 0) is 14.3 Å². The average Bonchev–Trinajstić information content (AvgIpc) is 2.66. The van der Waals surface area contributed by atoms with Crippen molar-refractivity contribution in [3.8, 4) is 0 Å². The van der Waals surface area contributed by atoms with E-state index in [1.54, 1.807) is 12.0 Å². The maximum Gasteiger partial charge on any atom is 0.325 e. The highest BCUT2D eigenvalue weighted by Gasteiger charge is 2.53. The van der Waals surface area contributed by atoms with Crippen LogP contribution >= 0.6 is 0 Å². The smallest absolute Gasteiger partial charge is 0.325 e. The molecule has 2 fully saturated rings. The molecule has 6 heteroatoms. The summed E-state index contributed by atoms with van der Waals surface area (Å²) in [5.74, 6) is 0.371. The molecule has 0 bridgehead atoms. The molecule has 2 unspecified atom stereocenters. The largest absolute Gasteiger partial charge is 0.382 e. The summed E-state index contributed by atoms with van der Waals surface area (Å²) >= 11 is 0. The minimum Gasteiger partial charge on any atom is -0.382 e. The molecule has 2 rings (SSSR count). The van der Waals surface area contributed by atoms with E-state index in [0.717, 1.165) is 32.1 Å². The van der Waals surface area contributed by atoms with E-state index in [1.165, 1.54) is 0 Å². The van der Waals surface area contributed by atoms with Gasteiger partial charge in [0, 0.05) is 20.3 Å². The van der Waals surface area contributed by atoms with Gasteiger partial charge in [0.2, 0.25) is 0 Å². The van der Waals surface area contributed by atoms with E-state index in [2.05, 4.69) is 12.2 Å². The molecule has 0 radical (unpaired) electrons. The number of methoxy groups -OCH3 is 1. The molecule has 0 aromatic carbocycles. The van der Waals surface area contributed by atoms with E-state index in [4.69, 9.17) is 9.47 Å². The molecule has 2 atom stereocenters. The Kier molecular flexibility index (Phi) is 5.58. The minimum absolute atomic E-state index is 0.112. The van der Waals surface area contributed by atoms with E-state index < -0.39 is 5.54 Å². The Morgan fingerprint density at radius 3 is 2.86 bits per heavy atom. The number of urea groups is 1. The first-order valence-electron chi connectivity index (χ1n) is 7.80. The van der Waals surface area contributed by atoms with Gasteiger partial charge in [-0.25, -0.2) is 4.79 Å². The Labute approximate surface area is 126 Å². The Bertz CT molecular complexity index is 388. The standard InChI is InChI=1S/C15H26N2O4/c1-12-5-3-6-15(11-12)13(18)16-14(19)17(15)7-4-8-21-10-9-20-2/h12H,3-11H2,1-2H3,(H,16,18,19). The Hall–Kier alpha value is -1.14. The molecule has 1 N–H and O–H groups in total. The molecule has 1 aliphatic heterocycles. The molecule has 1 heterocycles. The van der Waals surface area contributed by atoms with Crippen molar-refractivity contribution < 1.29 is 19.1 Å². The van der Waals surface area contributed by atoms with E-state index >= 15 is 0 Å². The van der Waals surface area contributed by atoms with Crippen molar-refractivity contribution >= 4 is 11.9 Å². The van der Waals surface area contributed by atoms with Crippen LogP contribution in [0, 0.1) is 5.92 Å². The molecule has 0 aromatic heterocycles. The van der Waals surface area contributed by atoms with Gasteiger partial charge in [-0.15, -0.1) is 0 Å². The van der Waals surface area contributed by atoms with Crippen molar-refractivity contribution in [1.82, 2.24) is 10.2 Å². The second kappa shape index (κ2) is 7.22. The topological polar surface area (TPSA) is 67.9 Å². The molecule has 0 aromatic rings. The van der Waals surface area contributed by atoms with Crippen LogP contribution < -0.4 is 5.32 Å². The Morgan fingerprint density at radius 2 is 2.14 bits per heavy atom. The lowest BCUT2D eigenvalue weighted by molar-refractivity contribution is -0.129. The summed E-state index contributed by atoms with van der Waals surface area (Å²) < 4.78 is 10.3. The van der Waals surface area contributed by atoms with Gasteiger partial charge in [-0.1, -0.05) is 19.8 Å². The molecule has 1 saturated heterocycles. The van der Waals surface area contributed by atoms with E-state index in [9.17, 15) is 9.59 Å². The summed E-state index contributed by atoms with van der Waals surface area (Å²) in [6, 6.07) is -0.244. The van der Waals surface area contributed by atoms with Crippen LogP contribution in [0.4, 0.5) is 4.79 Å². The highest BCUT2D eigenvalue weighted by molar-refractivity contribution is 6.07. The second-order valence-corrected chi connectivity index (χ2v) is 6.10. The molecule has 3 amide bonds. The van der Waals surface area contributed by atoms with Gasteiger partial charge >= 0.3 is 6.03 Å². The van der Waals surface area contributed by atoms with Crippen LogP contribution in [0.1, 0.15) is 39.0 Å². The molecule has 120 valence electrons. The van der Waals surface area contributed by atoms with E-state index in [1.807, 2.05) is 0 Å². The number of imide groups is 1. The zero-order valence-electron chi connectivity index (χ0n) is 13.0. The summed E-state index contributed by atoms with van der Waals surface area (Å²) in [6.45, 7) is 4.43. The predicted octanol–water partition coefficient (Wildman–Crippen LogP) is 1.54. The molecule has 21 heavy (non-hydrogen) atoms. The van der Waals surface area contributed by atoms with Gasteiger partial charge in [0.05, 0.1) is 13.2 Å². The van der Waals surface area contributed by atoms with Gasteiger partial charge in [-0.05, 0) is 25.2 Å². The number of carbonyl (C=O) groups excluding carboxylic acids is 2. The molecule has 2 aliphatic rings. The summed E-state index contributed by atoms with van der Waals surface area (Å²) in [5, 5.41) is 2.50. The van der Waals surface area contributed by atoms with Crippen molar-refractivity contribution in [2.24, 2.45) is 5.92 Å². The van der Waals surface area contributed by atoms with Crippen LogP contribution in [0.2, 0.25) is 0 Å². The summed E-state index contributed by atoms with van der Waals surface area (Å²) in [7, 11) is 1.64. The lowest BCUT2D eigenvalue weighted by Crippen LogP contribution is -2.52. The lowest BCUT2D eigenvalue weighted by atomic mass is 9.75.